The third kappa shape index (κ3) is 5.08. The van der Waals surface area contributed by atoms with E-state index in [9.17, 15) is 4.79 Å². The lowest BCUT2D eigenvalue weighted by atomic mass is 9.95. The third-order valence-electron chi connectivity index (χ3n) is 2.81. The Kier molecular flexibility index (Phi) is 6.22. The Morgan fingerprint density at radius 3 is 2.74 bits per heavy atom. The van der Waals surface area contributed by atoms with Crippen LogP contribution in [0.25, 0.3) is 0 Å². The monoisotopic (exact) mass is 302 g/mol. The number of amides is 1. The highest BCUT2D eigenvalue weighted by Crippen LogP contribution is 2.30. The fourth-order valence-electron chi connectivity index (χ4n) is 1.78. The van der Waals surface area contributed by atoms with E-state index >= 15 is 0 Å². The van der Waals surface area contributed by atoms with Crippen LogP contribution in [-0.4, -0.2) is 33.4 Å². The molecular weight excluding hydrogens is 280 g/mol. The van der Waals surface area contributed by atoms with E-state index in [4.69, 9.17) is 5.73 Å². The Balaban J connectivity index is 2.60. The summed E-state index contributed by atoms with van der Waals surface area (Å²) in [6.45, 7) is 8.73. The number of primary amides is 1. The van der Waals surface area contributed by atoms with Crippen molar-refractivity contribution in [2.45, 2.75) is 55.7 Å². The van der Waals surface area contributed by atoms with Crippen molar-refractivity contribution in [2.24, 2.45) is 5.73 Å². The Morgan fingerprint density at radius 1 is 1.58 bits per heavy atom. The zero-order valence-corrected chi connectivity index (χ0v) is 13.5. The van der Waals surface area contributed by atoms with Gasteiger partial charge in [0.2, 0.25) is 5.91 Å². The molecular formula is C12H22N4OS2. The van der Waals surface area contributed by atoms with Crippen molar-refractivity contribution in [1.82, 2.24) is 15.5 Å². The Labute approximate surface area is 122 Å². The number of hydrogen-bond donors (Lipinski definition) is 2. The van der Waals surface area contributed by atoms with E-state index in [-0.39, 0.29) is 11.2 Å². The molecule has 7 heteroatoms. The molecule has 0 bridgehead atoms. The van der Waals surface area contributed by atoms with Gasteiger partial charge in [0.1, 0.15) is 5.01 Å². The number of aromatic nitrogens is 2. The Hall–Kier alpha value is -0.660. The maximum atomic E-state index is 11.6. The second-order valence-corrected chi connectivity index (χ2v) is 7.71. The molecule has 0 aromatic carbocycles. The van der Waals surface area contributed by atoms with Crippen molar-refractivity contribution in [1.29, 1.82) is 0 Å². The van der Waals surface area contributed by atoms with Crippen LogP contribution in [0, 0.1) is 6.92 Å². The van der Waals surface area contributed by atoms with Gasteiger partial charge in [0.25, 0.3) is 0 Å². The van der Waals surface area contributed by atoms with Crippen LogP contribution in [0.1, 0.15) is 38.6 Å². The second-order valence-electron chi connectivity index (χ2n) is 4.84. The first-order valence-electron chi connectivity index (χ1n) is 6.39. The van der Waals surface area contributed by atoms with Crippen molar-refractivity contribution in [3.63, 3.8) is 0 Å². The van der Waals surface area contributed by atoms with E-state index in [1.54, 1.807) is 23.1 Å². The van der Waals surface area contributed by atoms with Crippen LogP contribution in [0.15, 0.2) is 4.34 Å². The lowest BCUT2D eigenvalue weighted by Crippen LogP contribution is -2.54. The molecule has 2 atom stereocenters. The van der Waals surface area contributed by atoms with Gasteiger partial charge in [-0.3, -0.25) is 4.79 Å². The number of carbonyl (C=O) groups is 1. The van der Waals surface area contributed by atoms with Gasteiger partial charge in [-0.05, 0) is 33.2 Å². The lowest BCUT2D eigenvalue weighted by molar-refractivity contribution is -0.124. The molecule has 0 saturated carbocycles. The molecule has 3 N–H and O–H groups in total. The van der Waals surface area contributed by atoms with E-state index in [1.165, 1.54) is 0 Å². The van der Waals surface area contributed by atoms with Crippen LogP contribution >= 0.6 is 23.1 Å². The van der Waals surface area contributed by atoms with Gasteiger partial charge in [-0.1, -0.05) is 36.9 Å². The number of rotatable bonds is 8. The summed E-state index contributed by atoms with van der Waals surface area (Å²) in [6, 6.07) is 0. The first kappa shape index (κ1) is 16.4. The SMILES string of the molecule is CCCNC(C)(CC(C)Sc1nnc(C)s1)C(N)=O. The highest BCUT2D eigenvalue weighted by atomic mass is 32.2. The number of nitrogens with two attached hydrogens (primary N) is 1. The average molecular weight is 302 g/mol. The molecule has 0 spiro atoms. The summed E-state index contributed by atoms with van der Waals surface area (Å²) in [6.07, 6.45) is 1.64. The van der Waals surface area contributed by atoms with Crippen LogP contribution in [0.3, 0.4) is 0 Å². The summed E-state index contributed by atoms with van der Waals surface area (Å²) >= 11 is 3.21. The average Bonchev–Trinajstić information content (AvgIpc) is 2.71. The van der Waals surface area contributed by atoms with E-state index in [2.05, 4.69) is 29.4 Å². The predicted octanol–water partition coefficient (Wildman–Crippen LogP) is 1.96. The molecule has 1 amide bonds. The Morgan fingerprint density at radius 2 is 2.26 bits per heavy atom. The van der Waals surface area contributed by atoms with Crippen LogP contribution in [0.4, 0.5) is 0 Å². The van der Waals surface area contributed by atoms with E-state index in [1.807, 2.05) is 13.8 Å². The van der Waals surface area contributed by atoms with Gasteiger partial charge in [0.15, 0.2) is 4.34 Å². The minimum atomic E-state index is -0.665. The molecule has 5 nitrogen and oxygen atoms in total. The molecule has 1 heterocycles. The zero-order valence-electron chi connectivity index (χ0n) is 11.9. The minimum Gasteiger partial charge on any atom is -0.368 e. The van der Waals surface area contributed by atoms with Crippen LogP contribution in [0.2, 0.25) is 0 Å². The molecule has 108 valence electrons. The number of thioether (sulfide) groups is 1. The maximum absolute atomic E-state index is 11.6. The van der Waals surface area contributed by atoms with Gasteiger partial charge in [-0.2, -0.15) is 0 Å². The highest BCUT2D eigenvalue weighted by Gasteiger charge is 2.32. The summed E-state index contributed by atoms with van der Waals surface area (Å²) in [5, 5.41) is 12.5. The molecule has 1 aromatic heterocycles. The normalized spacial score (nSPS) is 16.0. The summed E-state index contributed by atoms with van der Waals surface area (Å²) in [5.41, 5.74) is 4.86. The van der Waals surface area contributed by atoms with Crippen LogP contribution in [-0.2, 0) is 4.79 Å². The summed E-state index contributed by atoms with van der Waals surface area (Å²) in [4.78, 5) is 11.6. The zero-order chi connectivity index (χ0) is 14.5. The number of carbonyl (C=O) groups excluding carboxylic acids is 1. The van der Waals surface area contributed by atoms with E-state index in [0.717, 1.165) is 22.3 Å². The molecule has 0 aliphatic carbocycles. The van der Waals surface area contributed by atoms with Crippen LogP contribution in [0.5, 0.6) is 0 Å². The van der Waals surface area contributed by atoms with E-state index in [0.29, 0.717) is 6.42 Å². The van der Waals surface area contributed by atoms with Crippen molar-refractivity contribution in [3.8, 4) is 0 Å². The topological polar surface area (TPSA) is 80.9 Å². The van der Waals surface area contributed by atoms with Gasteiger partial charge in [0, 0.05) is 5.25 Å². The van der Waals surface area contributed by atoms with Crippen LogP contribution < -0.4 is 11.1 Å². The summed E-state index contributed by atoms with van der Waals surface area (Å²) in [7, 11) is 0. The summed E-state index contributed by atoms with van der Waals surface area (Å²) < 4.78 is 0.937. The van der Waals surface area contributed by atoms with Gasteiger partial charge in [-0.15, -0.1) is 10.2 Å². The number of aryl methyl sites for hydroxylation is 1. The lowest BCUT2D eigenvalue weighted by Gasteiger charge is -2.29. The second kappa shape index (κ2) is 7.21. The summed E-state index contributed by atoms with van der Waals surface area (Å²) in [5.74, 6) is -0.304. The van der Waals surface area contributed by atoms with Crippen molar-refractivity contribution in [2.75, 3.05) is 6.54 Å². The molecule has 0 aliphatic rings. The minimum absolute atomic E-state index is 0.245. The van der Waals surface area contributed by atoms with Gasteiger partial charge in [-0.25, -0.2) is 0 Å². The highest BCUT2D eigenvalue weighted by molar-refractivity contribution is 8.01. The molecule has 0 fully saturated rings. The van der Waals surface area contributed by atoms with Crippen molar-refractivity contribution in [3.05, 3.63) is 5.01 Å². The molecule has 19 heavy (non-hydrogen) atoms. The van der Waals surface area contributed by atoms with Gasteiger partial charge >= 0.3 is 0 Å². The van der Waals surface area contributed by atoms with Crippen molar-refractivity contribution < 1.29 is 4.79 Å². The number of hydrogen-bond acceptors (Lipinski definition) is 6. The van der Waals surface area contributed by atoms with E-state index < -0.39 is 5.54 Å². The van der Waals surface area contributed by atoms with Gasteiger partial charge < -0.3 is 11.1 Å². The molecule has 1 rings (SSSR count). The Bertz CT molecular complexity index is 424. The molecule has 0 aliphatic heterocycles. The number of nitrogens with one attached hydrogen (secondary N) is 1. The first-order valence-corrected chi connectivity index (χ1v) is 8.08. The molecule has 0 saturated heterocycles. The third-order valence-corrected chi connectivity index (χ3v) is 4.84. The predicted molar refractivity (Wildman–Crippen MR) is 80.5 cm³/mol. The number of nitrogens with zero attached hydrogens (tertiary/aromatic N) is 2. The fraction of sp³-hybridized carbons (Fsp3) is 0.750. The van der Waals surface area contributed by atoms with Gasteiger partial charge in [0.05, 0.1) is 5.54 Å². The molecule has 0 radical (unpaired) electrons. The fourth-order valence-corrected chi connectivity index (χ4v) is 4.09. The quantitative estimate of drug-likeness (QED) is 0.718. The first-order chi connectivity index (χ1) is 8.87. The molecule has 1 aromatic rings. The van der Waals surface area contributed by atoms with Crippen molar-refractivity contribution >= 4 is 29.0 Å². The smallest absolute Gasteiger partial charge is 0.237 e. The largest absolute Gasteiger partial charge is 0.368 e. The maximum Gasteiger partial charge on any atom is 0.237 e. The standard InChI is InChI=1S/C12H22N4OS2/c1-5-6-14-12(4,10(13)17)7-8(2)18-11-16-15-9(3)19-11/h8,14H,5-7H2,1-4H3,(H2,13,17). The molecule has 2 unspecified atom stereocenters.